The monoisotopic (exact) mass is 494 g/mol. The molecule has 3 aromatic carbocycles. The zero-order chi connectivity index (χ0) is 25.6. The minimum Gasteiger partial charge on any atom is -0.491 e. The quantitative estimate of drug-likeness (QED) is 0.425. The van der Waals surface area contributed by atoms with Gasteiger partial charge in [-0.25, -0.2) is 8.42 Å². The highest BCUT2D eigenvalue weighted by molar-refractivity contribution is 7.92. The Morgan fingerprint density at radius 1 is 0.886 bits per heavy atom. The summed E-state index contributed by atoms with van der Waals surface area (Å²) in [6.07, 6.45) is 0. The average Bonchev–Trinajstić information content (AvgIpc) is 2.81. The Kier molecular flexibility index (Phi) is 8.22. The first-order valence-electron chi connectivity index (χ1n) is 11.6. The first kappa shape index (κ1) is 26.3. The molecule has 3 aromatic rings. The van der Waals surface area contributed by atoms with Gasteiger partial charge in [0.25, 0.3) is 10.0 Å². The molecule has 3 rings (SSSR count). The van der Waals surface area contributed by atoms with E-state index in [4.69, 9.17) is 4.74 Å². The molecule has 6 nitrogen and oxygen atoms in total. The van der Waals surface area contributed by atoms with Crippen molar-refractivity contribution in [1.82, 2.24) is 5.32 Å². The van der Waals surface area contributed by atoms with Crippen LogP contribution in [0.25, 0.3) is 0 Å². The number of amides is 1. The van der Waals surface area contributed by atoms with Crippen LogP contribution in [-0.4, -0.2) is 34.0 Å². The van der Waals surface area contributed by atoms with Crippen LogP contribution >= 0.6 is 0 Å². The summed E-state index contributed by atoms with van der Waals surface area (Å²) in [6.45, 7) is 10.4. The molecular weight excluding hydrogens is 460 g/mol. The number of anilines is 1. The number of carbonyl (C=O) groups excluding carboxylic acids is 1. The Balaban J connectivity index is 1.70. The summed E-state index contributed by atoms with van der Waals surface area (Å²) >= 11 is 0. The lowest BCUT2D eigenvalue weighted by molar-refractivity contribution is -0.119. The number of rotatable bonds is 9. The lowest BCUT2D eigenvalue weighted by Crippen LogP contribution is -2.42. The minimum atomic E-state index is -3.93. The zero-order valence-corrected chi connectivity index (χ0v) is 21.9. The number of benzene rings is 3. The number of sulfonamides is 1. The molecular formula is C28H34N2O4S. The van der Waals surface area contributed by atoms with Gasteiger partial charge in [0.2, 0.25) is 5.91 Å². The summed E-state index contributed by atoms with van der Waals surface area (Å²) in [4.78, 5) is 12.9. The molecule has 0 aliphatic carbocycles. The van der Waals surface area contributed by atoms with Crippen LogP contribution in [0, 0.1) is 13.8 Å². The van der Waals surface area contributed by atoms with Crippen molar-refractivity contribution in [3.8, 4) is 5.75 Å². The lowest BCUT2D eigenvalue weighted by Gasteiger charge is -2.24. The normalized spacial score (nSPS) is 11.7. The third-order valence-corrected chi connectivity index (χ3v) is 7.38. The highest BCUT2D eigenvalue weighted by Gasteiger charge is 2.27. The van der Waals surface area contributed by atoms with Crippen LogP contribution < -0.4 is 14.4 Å². The van der Waals surface area contributed by atoms with Crippen molar-refractivity contribution in [2.75, 3.05) is 24.0 Å². The largest absolute Gasteiger partial charge is 0.491 e. The van der Waals surface area contributed by atoms with Gasteiger partial charge in [0, 0.05) is 0 Å². The van der Waals surface area contributed by atoms with E-state index in [9.17, 15) is 13.2 Å². The van der Waals surface area contributed by atoms with E-state index in [1.54, 1.807) is 36.4 Å². The van der Waals surface area contributed by atoms with Crippen molar-refractivity contribution in [1.29, 1.82) is 0 Å². The van der Waals surface area contributed by atoms with E-state index in [-0.39, 0.29) is 30.0 Å². The molecule has 1 amide bonds. The number of hydrogen-bond acceptors (Lipinski definition) is 4. The standard InChI is InChI=1S/C28H34N2O4S/c1-21-10-14-23(15-11-21)30(35(32,33)24-16-12-22(2)13-17-24)20-27(31)29-18-19-34-26-9-7-6-8-25(26)28(3,4)5/h6-17H,18-20H2,1-5H3,(H,29,31). The van der Waals surface area contributed by atoms with Gasteiger partial charge in [-0.05, 0) is 55.2 Å². The van der Waals surface area contributed by atoms with Crippen LogP contribution in [0.5, 0.6) is 5.75 Å². The maximum atomic E-state index is 13.4. The van der Waals surface area contributed by atoms with E-state index in [2.05, 4.69) is 26.1 Å². The van der Waals surface area contributed by atoms with Gasteiger partial charge in [0.1, 0.15) is 18.9 Å². The Morgan fingerprint density at radius 2 is 1.46 bits per heavy atom. The number of carbonyl (C=O) groups is 1. The number of ether oxygens (including phenoxy) is 1. The van der Waals surface area contributed by atoms with Crippen LogP contribution in [0.2, 0.25) is 0 Å². The van der Waals surface area contributed by atoms with Gasteiger partial charge in [-0.1, -0.05) is 74.4 Å². The van der Waals surface area contributed by atoms with E-state index in [0.717, 1.165) is 26.7 Å². The van der Waals surface area contributed by atoms with Gasteiger partial charge in [-0.2, -0.15) is 0 Å². The SMILES string of the molecule is Cc1ccc(N(CC(=O)NCCOc2ccccc2C(C)(C)C)S(=O)(=O)c2ccc(C)cc2)cc1. The molecule has 0 aliphatic rings. The molecule has 0 spiro atoms. The molecule has 186 valence electrons. The zero-order valence-electron chi connectivity index (χ0n) is 21.0. The number of nitrogens with zero attached hydrogens (tertiary/aromatic N) is 1. The molecule has 0 saturated heterocycles. The fourth-order valence-corrected chi connectivity index (χ4v) is 5.03. The van der Waals surface area contributed by atoms with Crippen LogP contribution in [-0.2, 0) is 20.2 Å². The van der Waals surface area contributed by atoms with Gasteiger partial charge in [-0.15, -0.1) is 0 Å². The van der Waals surface area contributed by atoms with Crippen molar-refractivity contribution in [3.05, 3.63) is 89.5 Å². The molecule has 0 radical (unpaired) electrons. The molecule has 0 fully saturated rings. The molecule has 0 atom stereocenters. The molecule has 0 bridgehead atoms. The fourth-order valence-electron chi connectivity index (χ4n) is 3.61. The molecule has 0 unspecified atom stereocenters. The third-order valence-electron chi connectivity index (χ3n) is 5.60. The molecule has 0 saturated carbocycles. The first-order chi connectivity index (χ1) is 16.5. The van der Waals surface area contributed by atoms with Crippen LogP contribution in [0.3, 0.4) is 0 Å². The van der Waals surface area contributed by atoms with Gasteiger partial charge >= 0.3 is 0 Å². The fraction of sp³-hybridized carbons (Fsp3) is 0.321. The second-order valence-corrected chi connectivity index (χ2v) is 11.5. The maximum Gasteiger partial charge on any atom is 0.264 e. The highest BCUT2D eigenvalue weighted by Crippen LogP contribution is 2.30. The molecule has 0 aromatic heterocycles. The number of para-hydroxylation sites is 1. The molecule has 7 heteroatoms. The van der Waals surface area contributed by atoms with E-state index in [0.29, 0.717) is 5.69 Å². The first-order valence-corrected chi connectivity index (χ1v) is 13.1. The molecule has 0 aliphatic heterocycles. The maximum absolute atomic E-state index is 13.4. The van der Waals surface area contributed by atoms with Gasteiger partial charge in [0.15, 0.2) is 0 Å². The summed E-state index contributed by atoms with van der Waals surface area (Å²) in [6, 6.07) is 21.5. The van der Waals surface area contributed by atoms with Crippen molar-refractivity contribution in [2.24, 2.45) is 0 Å². The van der Waals surface area contributed by atoms with E-state index < -0.39 is 15.9 Å². The summed E-state index contributed by atoms with van der Waals surface area (Å²) in [5.74, 6) is 0.367. The predicted octanol–water partition coefficient (Wildman–Crippen LogP) is 4.99. The van der Waals surface area contributed by atoms with Crippen LogP contribution in [0.1, 0.15) is 37.5 Å². The summed E-state index contributed by atoms with van der Waals surface area (Å²) in [5, 5.41) is 2.79. The summed E-state index contributed by atoms with van der Waals surface area (Å²) in [7, 11) is -3.93. The molecule has 1 N–H and O–H groups in total. The number of aryl methyl sites for hydroxylation is 2. The lowest BCUT2D eigenvalue weighted by atomic mass is 9.86. The van der Waals surface area contributed by atoms with Crippen molar-refractivity contribution in [2.45, 2.75) is 44.9 Å². The second kappa shape index (κ2) is 11.0. The third kappa shape index (κ3) is 6.85. The smallest absolute Gasteiger partial charge is 0.264 e. The Bertz CT molecular complexity index is 1250. The van der Waals surface area contributed by atoms with E-state index in [1.165, 1.54) is 0 Å². The number of hydrogen-bond donors (Lipinski definition) is 1. The van der Waals surface area contributed by atoms with Crippen LogP contribution in [0.4, 0.5) is 5.69 Å². The van der Waals surface area contributed by atoms with Gasteiger partial charge in [-0.3, -0.25) is 9.10 Å². The van der Waals surface area contributed by atoms with Gasteiger partial charge in [0.05, 0.1) is 17.1 Å². The second-order valence-electron chi connectivity index (χ2n) is 9.60. The summed E-state index contributed by atoms with van der Waals surface area (Å²) < 4.78 is 33.9. The van der Waals surface area contributed by atoms with Crippen molar-refractivity contribution < 1.29 is 17.9 Å². The van der Waals surface area contributed by atoms with E-state index >= 15 is 0 Å². The van der Waals surface area contributed by atoms with Crippen molar-refractivity contribution in [3.63, 3.8) is 0 Å². The van der Waals surface area contributed by atoms with E-state index in [1.807, 2.05) is 50.2 Å². The van der Waals surface area contributed by atoms with Crippen LogP contribution in [0.15, 0.2) is 77.7 Å². The topological polar surface area (TPSA) is 75.7 Å². The van der Waals surface area contributed by atoms with Crippen molar-refractivity contribution >= 4 is 21.6 Å². The molecule has 35 heavy (non-hydrogen) atoms. The Labute approximate surface area is 209 Å². The number of nitrogens with one attached hydrogen (secondary N) is 1. The minimum absolute atomic E-state index is 0.0707. The Morgan fingerprint density at radius 3 is 2.06 bits per heavy atom. The average molecular weight is 495 g/mol. The van der Waals surface area contributed by atoms with Gasteiger partial charge < -0.3 is 10.1 Å². The molecule has 0 heterocycles. The Hall–Kier alpha value is -3.32. The highest BCUT2D eigenvalue weighted by atomic mass is 32.2. The summed E-state index contributed by atoms with van der Waals surface area (Å²) in [5.41, 5.74) is 3.40. The predicted molar refractivity (Wildman–Crippen MR) is 141 cm³/mol.